The number of carboxylic acids is 1. The van der Waals surface area contributed by atoms with Crippen LogP contribution in [0.4, 0.5) is 0 Å². The third kappa shape index (κ3) is 1.71. The summed E-state index contributed by atoms with van der Waals surface area (Å²) in [4.78, 5) is 11.3. The van der Waals surface area contributed by atoms with Gasteiger partial charge >= 0.3 is 5.97 Å². The van der Waals surface area contributed by atoms with Gasteiger partial charge in [0.1, 0.15) is 0 Å². The average molecular weight is 250 g/mol. The molecule has 2 aliphatic carbocycles. The van der Waals surface area contributed by atoms with Gasteiger partial charge in [-0.05, 0) is 44.4 Å². The molecule has 1 N–H and O–H groups in total. The van der Waals surface area contributed by atoms with E-state index in [0.29, 0.717) is 5.92 Å². The third-order valence-corrected chi connectivity index (χ3v) is 5.29. The van der Waals surface area contributed by atoms with Crippen LogP contribution < -0.4 is 0 Å². The minimum Gasteiger partial charge on any atom is -0.481 e. The van der Waals surface area contributed by atoms with Crippen LogP contribution in [0.3, 0.4) is 0 Å². The molecule has 3 heteroatoms. The van der Waals surface area contributed by atoms with Crippen molar-refractivity contribution in [3.63, 3.8) is 0 Å². The SMILES string of the molecule is CC/C=C1\CCC23COC(C2)C(C(=O)O)CCC13. The van der Waals surface area contributed by atoms with Gasteiger partial charge in [-0.15, -0.1) is 0 Å². The van der Waals surface area contributed by atoms with Gasteiger partial charge in [0, 0.05) is 5.41 Å². The van der Waals surface area contributed by atoms with Gasteiger partial charge in [0.25, 0.3) is 0 Å². The molecule has 4 unspecified atom stereocenters. The summed E-state index contributed by atoms with van der Waals surface area (Å²) >= 11 is 0. The monoisotopic (exact) mass is 250 g/mol. The van der Waals surface area contributed by atoms with Crippen molar-refractivity contribution < 1.29 is 14.6 Å². The second-order valence-electron chi connectivity index (χ2n) is 6.18. The van der Waals surface area contributed by atoms with E-state index in [1.807, 2.05) is 0 Å². The first-order chi connectivity index (χ1) is 8.66. The second kappa shape index (κ2) is 4.37. The van der Waals surface area contributed by atoms with Crippen molar-refractivity contribution in [3.05, 3.63) is 11.6 Å². The van der Waals surface area contributed by atoms with Crippen molar-refractivity contribution >= 4 is 5.97 Å². The zero-order chi connectivity index (χ0) is 12.8. The zero-order valence-corrected chi connectivity index (χ0v) is 11.0. The van der Waals surface area contributed by atoms with E-state index in [-0.39, 0.29) is 17.4 Å². The van der Waals surface area contributed by atoms with E-state index in [2.05, 4.69) is 13.0 Å². The Morgan fingerprint density at radius 3 is 3.11 bits per heavy atom. The van der Waals surface area contributed by atoms with E-state index < -0.39 is 5.97 Å². The van der Waals surface area contributed by atoms with Crippen molar-refractivity contribution in [2.45, 2.75) is 51.6 Å². The highest BCUT2D eigenvalue weighted by molar-refractivity contribution is 5.71. The molecular formula is C15H22O3. The number of ether oxygens (including phenoxy) is 1. The minimum absolute atomic E-state index is 0.0338. The summed E-state index contributed by atoms with van der Waals surface area (Å²) in [5, 5.41) is 9.32. The summed E-state index contributed by atoms with van der Waals surface area (Å²) < 4.78 is 5.85. The number of aliphatic carboxylic acids is 1. The Hall–Kier alpha value is -0.830. The molecule has 18 heavy (non-hydrogen) atoms. The molecule has 3 rings (SSSR count). The Bertz CT molecular complexity index is 387. The first kappa shape index (κ1) is 12.2. The van der Waals surface area contributed by atoms with Crippen LogP contribution in [0.2, 0.25) is 0 Å². The number of carbonyl (C=O) groups is 1. The molecule has 0 amide bonds. The lowest BCUT2D eigenvalue weighted by Gasteiger charge is -2.29. The predicted molar refractivity (Wildman–Crippen MR) is 68.2 cm³/mol. The van der Waals surface area contributed by atoms with Gasteiger partial charge in [0.05, 0.1) is 18.6 Å². The molecule has 0 aromatic rings. The zero-order valence-electron chi connectivity index (χ0n) is 11.0. The lowest BCUT2D eigenvalue weighted by molar-refractivity contribution is -0.146. The first-order valence-electron chi connectivity index (χ1n) is 7.19. The molecule has 1 saturated heterocycles. The predicted octanol–water partition coefficient (Wildman–Crippen LogP) is 3.00. The van der Waals surface area contributed by atoms with E-state index in [4.69, 9.17) is 4.74 Å². The minimum atomic E-state index is -0.668. The lowest BCUT2D eigenvalue weighted by Crippen LogP contribution is -2.27. The summed E-state index contributed by atoms with van der Waals surface area (Å²) in [6.07, 6.45) is 8.63. The Labute approximate surface area is 108 Å². The van der Waals surface area contributed by atoms with Crippen LogP contribution in [0.1, 0.15) is 45.4 Å². The lowest BCUT2D eigenvalue weighted by atomic mass is 9.75. The van der Waals surface area contributed by atoms with Crippen LogP contribution in [0.5, 0.6) is 0 Å². The highest BCUT2D eigenvalue weighted by Gasteiger charge is 2.55. The van der Waals surface area contributed by atoms with Gasteiger partial charge in [-0.1, -0.05) is 18.6 Å². The summed E-state index contributed by atoms with van der Waals surface area (Å²) in [7, 11) is 0. The number of hydrogen-bond acceptors (Lipinski definition) is 2. The van der Waals surface area contributed by atoms with Crippen LogP contribution in [-0.2, 0) is 9.53 Å². The van der Waals surface area contributed by atoms with E-state index in [1.54, 1.807) is 5.57 Å². The molecule has 0 aromatic carbocycles. The van der Waals surface area contributed by atoms with Crippen LogP contribution in [0.15, 0.2) is 11.6 Å². The molecule has 0 aromatic heterocycles. The molecule has 2 bridgehead atoms. The smallest absolute Gasteiger partial charge is 0.309 e. The van der Waals surface area contributed by atoms with Gasteiger partial charge in [0.2, 0.25) is 0 Å². The molecule has 100 valence electrons. The topological polar surface area (TPSA) is 46.5 Å². The third-order valence-electron chi connectivity index (χ3n) is 5.29. The van der Waals surface area contributed by atoms with Gasteiger partial charge in [-0.2, -0.15) is 0 Å². The maximum absolute atomic E-state index is 11.3. The van der Waals surface area contributed by atoms with Crippen molar-refractivity contribution in [1.82, 2.24) is 0 Å². The van der Waals surface area contributed by atoms with Gasteiger partial charge < -0.3 is 9.84 Å². The number of hydrogen-bond donors (Lipinski definition) is 1. The number of fused-ring (bicyclic) bond motifs is 1. The normalized spacial score (nSPS) is 44.9. The maximum Gasteiger partial charge on any atom is 0.309 e. The second-order valence-corrected chi connectivity index (χ2v) is 6.18. The van der Waals surface area contributed by atoms with Crippen molar-refractivity contribution in [1.29, 1.82) is 0 Å². The largest absolute Gasteiger partial charge is 0.481 e. The van der Waals surface area contributed by atoms with E-state index >= 15 is 0 Å². The van der Waals surface area contributed by atoms with Crippen LogP contribution in [0.25, 0.3) is 0 Å². The fourth-order valence-electron chi connectivity index (χ4n) is 4.41. The molecule has 4 atom stereocenters. The molecule has 0 radical (unpaired) electrons. The van der Waals surface area contributed by atoms with E-state index in [0.717, 1.165) is 32.3 Å². The van der Waals surface area contributed by atoms with Crippen LogP contribution in [-0.4, -0.2) is 23.8 Å². The Morgan fingerprint density at radius 2 is 2.39 bits per heavy atom. The van der Waals surface area contributed by atoms with Crippen molar-refractivity contribution in [3.8, 4) is 0 Å². The number of allylic oxidation sites excluding steroid dienone is 2. The molecule has 3 fully saturated rings. The quantitative estimate of drug-likeness (QED) is 0.766. The fraction of sp³-hybridized carbons (Fsp3) is 0.800. The highest BCUT2D eigenvalue weighted by atomic mass is 16.5. The molecule has 1 heterocycles. The Balaban J connectivity index is 1.89. The highest BCUT2D eigenvalue weighted by Crippen LogP contribution is 2.58. The number of carboxylic acid groups (broad SMARTS) is 1. The van der Waals surface area contributed by atoms with E-state index in [1.165, 1.54) is 12.8 Å². The van der Waals surface area contributed by atoms with Crippen molar-refractivity contribution in [2.75, 3.05) is 6.61 Å². The molecule has 2 saturated carbocycles. The molecule has 1 aliphatic heterocycles. The summed E-state index contributed by atoms with van der Waals surface area (Å²) in [5.74, 6) is -0.359. The maximum atomic E-state index is 11.3. The fourth-order valence-corrected chi connectivity index (χ4v) is 4.41. The van der Waals surface area contributed by atoms with Crippen molar-refractivity contribution in [2.24, 2.45) is 17.3 Å². The van der Waals surface area contributed by atoms with Crippen LogP contribution >= 0.6 is 0 Å². The molecule has 3 aliphatic rings. The van der Waals surface area contributed by atoms with Gasteiger partial charge in [-0.25, -0.2) is 0 Å². The molecular weight excluding hydrogens is 228 g/mol. The number of rotatable bonds is 2. The first-order valence-corrected chi connectivity index (χ1v) is 7.19. The Morgan fingerprint density at radius 1 is 1.56 bits per heavy atom. The molecule has 3 nitrogen and oxygen atoms in total. The van der Waals surface area contributed by atoms with Gasteiger partial charge in [0.15, 0.2) is 0 Å². The Kier molecular flexibility index (Phi) is 2.97. The van der Waals surface area contributed by atoms with Crippen LogP contribution in [0, 0.1) is 17.3 Å². The summed E-state index contributed by atoms with van der Waals surface area (Å²) in [6, 6.07) is 0. The van der Waals surface area contributed by atoms with E-state index in [9.17, 15) is 9.90 Å². The summed E-state index contributed by atoms with van der Waals surface area (Å²) in [6.45, 7) is 2.97. The molecule has 1 spiro atoms. The summed E-state index contributed by atoms with van der Waals surface area (Å²) in [5.41, 5.74) is 1.85. The standard InChI is InChI=1S/C15H22O3/c1-2-3-10-6-7-15-8-13(18-9-15)11(14(16)17)4-5-12(10)15/h3,11-13H,2,4-9H2,1H3,(H,16,17)/b10-3+. The average Bonchev–Trinajstić information content (AvgIpc) is 2.82. The van der Waals surface area contributed by atoms with Gasteiger partial charge in [-0.3, -0.25) is 4.79 Å².